The first-order chi connectivity index (χ1) is 18.1. The molecule has 0 saturated carbocycles. The number of allylic oxidation sites excluding steroid dienone is 1. The smallest absolute Gasteiger partial charge is 0.313 e. The number of Topliss-reactive ketones (excluding diaryl/α,β-unsaturated/α-hetero) is 2. The second-order valence-electron chi connectivity index (χ2n) is 12.1. The van der Waals surface area contributed by atoms with Crippen molar-refractivity contribution in [2.45, 2.75) is 125 Å². The Hall–Kier alpha value is -2.25. The molecule has 0 aromatic carbocycles. The van der Waals surface area contributed by atoms with E-state index < -0.39 is 35.8 Å². The number of cyclic esters (lactones) is 1. The van der Waals surface area contributed by atoms with Crippen molar-refractivity contribution in [1.29, 1.82) is 0 Å². The van der Waals surface area contributed by atoms with Crippen LogP contribution in [0.25, 0.3) is 0 Å². The Balaban J connectivity index is 2.30. The standard InChI is InChI=1S/C32H50O7/c1-10-24-27-16-28(35)38-30(21(6)15-19(4)14-20(5)29(36)22(7)25(33)11-2)23(8)26(34)13-12-18(3)17-32(9,39-27)31(24)37/h12,14,20-23,26,29-30,34,36H,10-11,13,15-17H2,1-9H3/t20-,21+,22+,23+,26+,29+,30+,32?/m0/s1. The number of fused-ring (bicyclic) bond motifs is 2. The number of aliphatic hydroxyl groups excluding tert-OH is 2. The largest absolute Gasteiger partial charge is 0.482 e. The summed E-state index contributed by atoms with van der Waals surface area (Å²) >= 11 is 0. The molecule has 0 radical (unpaired) electrons. The fourth-order valence-corrected chi connectivity index (χ4v) is 6.08. The predicted molar refractivity (Wildman–Crippen MR) is 152 cm³/mol. The molecule has 220 valence electrons. The molecule has 2 aliphatic rings. The maximum absolute atomic E-state index is 13.2. The Labute approximate surface area is 234 Å². The first-order valence-electron chi connectivity index (χ1n) is 14.5. The van der Waals surface area contributed by atoms with Crippen molar-refractivity contribution in [2.75, 3.05) is 0 Å². The minimum absolute atomic E-state index is 0.0337. The van der Waals surface area contributed by atoms with E-state index in [9.17, 15) is 24.6 Å². The molecule has 0 amide bonds. The van der Waals surface area contributed by atoms with Gasteiger partial charge < -0.3 is 19.7 Å². The zero-order chi connectivity index (χ0) is 29.7. The number of carbonyl (C=O) groups is 3. The summed E-state index contributed by atoms with van der Waals surface area (Å²) in [5.74, 6) is -1.27. The number of rotatable bonds is 9. The summed E-state index contributed by atoms with van der Waals surface area (Å²) in [5, 5.41) is 21.7. The summed E-state index contributed by atoms with van der Waals surface area (Å²) < 4.78 is 12.1. The van der Waals surface area contributed by atoms with E-state index in [1.54, 1.807) is 20.8 Å². The molecule has 0 saturated heterocycles. The number of ether oxygens (including phenoxy) is 2. The second-order valence-corrected chi connectivity index (χ2v) is 12.1. The minimum atomic E-state index is -1.05. The Morgan fingerprint density at radius 2 is 1.87 bits per heavy atom. The molecule has 7 nitrogen and oxygen atoms in total. The van der Waals surface area contributed by atoms with Crippen LogP contribution in [0.1, 0.15) is 101 Å². The van der Waals surface area contributed by atoms with Gasteiger partial charge in [-0.15, -0.1) is 0 Å². The van der Waals surface area contributed by atoms with E-state index in [1.807, 2.05) is 53.7 Å². The van der Waals surface area contributed by atoms with Crippen LogP contribution in [0, 0.1) is 23.7 Å². The quantitative estimate of drug-likeness (QED) is 0.285. The summed E-state index contributed by atoms with van der Waals surface area (Å²) in [6, 6.07) is 0. The van der Waals surface area contributed by atoms with E-state index in [1.165, 1.54) is 0 Å². The van der Waals surface area contributed by atoms with Gasteiger partial charge in [0, 0.05) is 36.2 Å². The molecule has 2 heterocycles. The summed E-state index contributed by atoms with van der Waals surface area (Å²) in [7, 11) is 0. The normalized spacial score (nSPS) is 30.2. The maximum Gasteiger partial charge on any atom is 0.313 e. The van der Waals surface area contributed by atoms with Gasteiger partial charge in [-0.3, -0.25) is 14.4 Å². The molecule has 39 heavy (non-hydrogen) atoms. The first-order valence-corrected chi connectivity index (χ1v) is 14.5. The van der Waals surface area contributed by atoms with E-state index in [-0.39, 0.29) is 35.7 Å². The third-order valence-electron chi connectivity index (χ3n) is 8.47. The van der Waals surface area contributed by atoms with Gasteiger partial charge in [-0.1, -0.05) is 64.8 Å². The van der Waals surface area contributed by atoms with Crippen LogP contribution in [0.4, 0.5) is 0 Å². The minimum Gasteiger partial charge on any atom is -0.482 e. The van der Waals surface area contributed by atoms with Crippen LogP contribution in [-0.2, 0) is 23.9 Å². The third-order valence-corrected chi connectivity index (χ3v) is 8.47. The van der Waals surface area contributed by atoms with Crippen molar-refractivity contribution < 1.29 is 34.1 Å². The van der Waals surface area contributed by atoms with Crippen molar-refractivity contribution in [3.05, 3.63) is 34.6 Å². The van der Waals surface area contributed by atoms with Gasteiger partial charge in [0.1, 0.15) is 24.1 Å². The summed E-state index contributed by atoms with van der Waals surface area (Å²) in [5.41, 5.74) is 1.45. The molecule has 0 spiro atoms. The molecular formula is C32H50O7. The Morgan fingerprint density at radius 1 is 1.23 bits per heavy atom. The lowest BCUT2D eigenvalue weighted by Gasteiger charge is -2.32. The van der Waals surface area contributed by atoms with Crippen LogP contribution < -0.4 is 0 Å². The van der Waals surface area contributed by atoms with Gasteiger partial charge in [-0.25, -0.2) is 0 Å². The molecule has 1 unspecified atom stereocenters. The van der Waals surface area contributed by atoms with Crippen molar-refractivity contribution in [3.63, 3.8) is 0 Å². The van der Waals surface area contributed by atoms with Crippen LogP contribution in [0.15, 0.2) is 34.6 Å². The highest BCUT2D eigenvalue weighted by atomic mass is 16.6. The summed E-state index contributed by atoms with van der Waals surface area (Å²) in [6.45, 7) is 16.9. The van der Waals surface area contributed by atoms with E-state index >= 15 is 0 Å². The van der Waals surface area contributed by atoms with Gasteiger partial charge >= 0.3 is 5.97 Å². The van der Waals surface area contributed by atoms with Gasteiger partial charge in [0.15, 0.2) is 5.60 Å². The van der Waals surface area contributed by atoms with Crippen molar-refractivity contribution in [1.82, 2.24) is 0 Å². The number of ketones is 2. The highest BCUT2D eigenvalue weighted by molar-refractivity contribution is 6.04. The molecule has 0 aromatic heterocycles. The topological polar surface area (TPSA) is 110 Å². The zero-order valence-electron chi connectivity index (χ0n) is 25.4. The highest BCUT2D eigenvalue weighted by Crippen LogP contribution is 2.39. The van der Waals surface area contributed by atoms with Gasteiger partial charge in [0.25, 0.3) is 0 Å². The number of carbonyl (C=O) groups excluding carboxylic acids is 3. The molecule has 2 bridgehead atoms. The first kappa shape index (κ1) is 33.0. The van der Waals surface area contributed by atoms with Gasteiger partial charge in [0.05, 0.1) is 12.2 Å². The van der Waals surface area contributed by atoms with Crippen LogP contribution in [0.5, 0.6) is 0 Å². The second kappa shape index (κ2) is 13.9. The Kier molecular flexibility index (Phi) is 11.7. The van der Waals surface area contributed by atoms with Gasteiger partial charge in [-0.05, 0) is 46.0 Å². The van der Waals surface area contributed by atoms with E-state index in [4.69, 9.17) is 9.47 Å². The molecule has 2 rings (SSSR count). The lowest BCUT2D eigenvalue weighted by molar-refractivity contribution is -0.158. The van der Waals surface area contributed by atoms with Crippen LogP contribution in [-0.4, -0.2) is 51.7 Å². The van der Waals surface area contributed by atoms with Crippen LogP contribution in [0.3, 0.4) is 0 Å². The third kappa shape index (κ3) is 8.14. The lowest BCUT2D eigenvalue weighted by Crippen LogP contribution is -2.38. The Bertz CT molecular complexity index is 1010. The van der Waals surface area contributed by atoms with E-state index in [0.29, 0.717) is 43.4 Å². The van der Waals surface area contributed by atoms with Crippen molar-refractivity contribution in [2.24, 2.45) is 23.7 Å². The molecule has 7 heteroatoms. The summed E-state index contributed by atoms with van der Waals surface area (Å²) in [6.07, 6.45) is 3.95. The average molecular weight is 547 g/mol. The molecule has 2 aliphatic heterocycles. The highest BCUT2D eigenvalue weighted by Gasteiger charge is 2.45. The SMILES string of the molecule is CCC(=O)[C@@H](C)[C@H](O)[C@@H](C)C=C(C)C[C@@H](C)[C@H]1OC(=O)CC2=C(CC)C(=O)C(C)(CC(C)=CC[C@@H](O)[C@H]1C)O2. The van der Waals surface area contributed by atoms with E-state index in [0.717, 1.165) is 11.1 Å². The number of aliphatic hydroxyl groups is 2. The van der Waals surface area contributed by atoms with E-state index in [2.05, 4.69) is 0 Å². The van der Waals surface area contributed by atoms with Crippen LogP contribution in [0.2, 0.25) is 0 Å². The monoisotopic (exact) mass is 546 g/mol. The zero-order valence-corrected chi connectivity index (χ0v) is 25.4. The number of esters is 1. The lowest BCUT2D eigenvalue weighted by atomic mass is 9.83. The Morgan fingerprint density at radius 3 is 2.46 bits per heavy atom. The number of hydrogen-bond donors (Lipinski definition) is 2. The molecule has 0 fully saturated rings. The maximum atomic E-state index is 13.2. The van der Waals surface area contributed by atoms with Crippen molar-refractivity contribution >= 4 is 17.5 Å². The predicted octanol–water partition coefficient (Wildman–Crippen LogP) is 5.63. The molecule has 0 aromatic rings. The molecule has 0 aliphatic carbocycles. The fourth-order valence-electron chi connectivity index (χ4n) is 6.08. The molecule has 2 N–H and O–H groups in total. The molecular weight excluding hydrogens is 496 g/mol. The fraction of sp³-hybridized carbons (Fsp3) is 0.719. The van der Waals surface area contributed by atoms with Gasteiger partial charge in [0.2, 0.25) is 5.78 Å². The van der Waals surface area contributed by atoms with Crippen molar-refractivity contribution in [3.8, 4) is 0 Å². The van der Waals surface area contributed by atoms with Crippen LogP contribution >= 0.6 is 0 Å². The number of hydrogen-bond acceptors (Lipinski definition) is 7. The summed E-state index contributed by atoms with van der Waals surface area (Å²) in [4.78, 5) is 38.4. The van der Waals surface area contributed by atoms with Gasteiger partial charge in [-0.2, -0.15) is 0 Å². The molecule has 8 atom stereocenters. The average Bonchev–Trinajstić information content (AvgIpc) is 3.10.